The average Bonchev–Trinajstić information content (AvgIpc) is 3.73. The number of pyridine rings is 1. The third-order valence-corrected chi connectivity index (χ3v) is 9.55. The molecule has 0 radical (unpaired) electrons. The van der Waals surface area contributed by atoms with E-state index in [4.69, 9.17) is 24.3 Å². The summed E-state index contributed by atoms with van der Waals surface area (Å²) in [5.74, 6) is 0.0600. The number of phosphoric ester groups is 2. The molecular formula is C21H26N8O13P2. The fourth-order valence-corrected chi connectivity index (χ4v) is 6.91. The lowest BCUT2D eigenvalue weighted by molar-refractivity contribution is -0.0530. The molecule has 0 aliphatic carbocycles. The van der Waals surface area contributed by atoms with E-state index in [9.17, 15) is 39.3 Å². The summed E-state index contributed by atoms with van der Waals surface area (Å²) in [6.07, 6.45) is -6.37. The number of rotatable bonds is 10. The van der Waals surface area contributed by atoms with Gasteiger partial charge in [0.15, 0.2) is 29.6 Å². The lowest BCUT2D eigenvalue weighted by Crippen LogP contribution is -2.34. The molecule has 6 rings (SSSR count). The first-order valence-electron chi connectivity index (χ1n) is 12.7. The number of hydrogen-bond donors (Lipinski definition) is 7. The standard InChI is InChI=1S/C21H26N8O13P2/c22-17-12-19(25-6-24-17)29(8-27-12)21-16(33)14(31)11(41-21)5-39-44(36,37)42-43(34,35)38-4-10-13(30)15(32)20(40-10)28-7-26-9-2-1-3-23-18(9)28/h1-3,6-8,10-11,13-16,20-21,30-33H,4-5H2,(H,34,35)(H,36,37)(H2,22,24,25)/t10-,11-,13-,14-,15-,16-,20-,21-/m1/s1. The van der Waals surface area contributed by atoms with Gasteiger partial charge in [0.1, 0.15) is 54.0 Å². The molecule has 4 aromatic heterocycles. The molecule has 2 unspecified atom stereocenters. The van der Waals surface area contributed by atoms with Crippen LogP contribution in [0.3, 0.4) is 0 Å². The summed E-state index contributed by atoms with van der Waals surface area (Å²) in [7, 11) is -10.7. The molecule has 0 bridgehead atoms. The Morgan fingerprint density at radius 2 is 1.36 bits per heavy atom. The van der Waals surface area contributed by atoms with Gasteiger partial charge in [-0.3, -0.25) is 18.2 Å². The second-order valence-electron chi connectivity index (χ2n) is 9.78. The van der Waals surface area contributed by atoms with Crippen molar-refractivity contribution in [3.8, 4) is 0 Å². The van der Waals surface area contributed by atoms with Crippen molar-refractivity contribution in [3.05, 3.63) is 37.3 Å². The van der Waals surface area contributed by atoms with E-state index in [0.717, 1.165) is 6.33 Å². The Kier molecular flexibility index (Phi) is 8.26. The number of phosphoric acid groups is 2. The highest BCUT2D eigenvalue weighted by atomic mass is 31.3. The second kappa shape index (κ2) is 11.7. The second-order valence-corrected chi connectivity index (χ2v) is 12.8. The van der Waals surface area contributed by atoms with E-state index in [1.165, 1.54) is 28.0 Å². The molecule has 21 nitrogen and oxygen atoms in total. The molecule has 0 aromatic carbocycles. The fourth-order valence-electron chi connectivity index (χ4n) is 4.82. The van der Waals surface area contributed by atoms with Gasteiger partial charge < -0.3 is 45.4 Å². The number of nitrogens with two attached hydrogens (primary N) is 1. The van der Waals surface area contributed by atoms with Gasteiger partial charge >= 0.3 is 15.6 Å². The Bertz CT molecular complexity index is 1760. The highest BCUT2D eigenvalue weighted by molar-refractivity contribution is 7.61. The van der Waals surface area contributed by atoms with Crippen LogP contribution in [0.2, 0.25) is 0 Å². The van der Waals surface area contributed by atoms with Gasteiger partial charge in [0.05, 0.1) is 25.9 Å². The Balaban J connectivity index is 1.04. The number of ether oxygens (including phenoxy) is 2. The first-order valence-corrected chi connectivity index (χ1v) is 15.7. The minimum absolute atomic E-state index is 0.0600. The monoisotopic (exact) mass is 660 g/mol. The number of fused-ring (bicyclic) bond motifs is 2. The number of nitrogen functional groups attached to an aromatic ring is 1. The third-order valence-electron chi connectivity index (χ3n) is 6.95. The Hall–Kier alpha value is -3.01. The van der Waals surface area contributed by atoms with Crippen LogP contribution in [0.4, 0.5) is 5.82 Å². The van der Waals surface area contributed by atoms with E-state index in [-0.39, 0.29) is 17.0 Å². The van der Waals surface area contributed by atoms with E-state index in [0.29, 0.717) is 11.2 Å². The van der Waals surface area contributed by atoms with Crippen molar-refractivity contribution in [2.24, 2.45) is 0 Å². The van der Waals surface area contributed by atoms with Crippen LogP contribution in [-0.2, 0) is 32.0 Å². The molecular weight excluding hydrogens is 634 g/mol. The molecule has 8 N–H and O–H groups in total. The van der Waals surface area contributed by atoms with E-state index >= 15 is 0 Å². The summed E-state index contributed by atoms with van der Waals surface area (Å²) in [6, 6.07) is 3.32. The first kappa shape index (κ1) is 31.0. The predicted molar refractivity (Wildman–Crippen MR) is 142 cm³/mol. The van der Waals surface area contributed by atoms with Gasteiger partial charge in [-0.05, 0) is 12.1 Å². The number of aromatic nitrogens is 7. The van der Waals surface area contributed by atoms with E-state index in [1.807, 2.05) is 0 Å². The van der Waals surface area contributed by atoms with E-state index < -0.39 is 77.9 Å². The van der Waals surface area contributed by atoms with Gasteiger partial charge in [-0.2, -0.15) is 4.31 Å². The lowest BCUT2D eigenvalue weighted by Gasteiger charge is -2.20. The van der Waals surface area contributed by atoms with Crippen LogP contribution in [0.25, 0.3) is 22.3 Å². The summed E-state index contributed by atoms with van der Waals surface area (Å²) >= 11 is 0. The van der Waals surface area contributed by atoms with Crippen LogP contribution in [0, 0.1) is 0 Å². The maximum absolute atomic E-state index is 12.5. The molecule has 23 heteroatoms. The summed E-state index contributed by atoms with van der Waals surface area (Å²) in [4.78, 5) is 40.3. The van der Waals surface area contributed by atoms with Crippen LogP contribution in [0.5, 0.6) is 0 Å². The Morgan fingerprint density at radius 1 is 0.795 bits per heavy atom. The van der Waals surface area contributed by atoms with Crippen molar-refractivity contribution in [2.75, 3.05) is 18.9 Å². The van der Waals surface area contributed by atoms with Crippen LogP contribution >= 0.6 is 15.6 Å². The van der Waals surface area contributed by atoms with Gasteiger partial charge in [0, 0.05) is 6.20 Å². The third kappa shape index (κ3) is 5.86. The average molecular weight is 660 g/mol. The van der Waals surface area contributed by atoms with Gasteiger partial charge in [0.2, 0.25) is 0 Å². The van der Waals surface area contributed by atoms with Crippen molar-refractivity contribution in [1.29, 1.82) is 0 Å². The van der Waals surface area contributed by atoms with Crippen LogP contribution in [-0.4, -0.2) is 114 Å². The Labute approximate surface area is 245 Å². The molecule has 2 saturated heterocycles. The number of anilines is 1. The number of nitrogens with zero attached hydrogens (tertiary/aromatic N) is 7. The van der Waals surface area contributed by atoms with Crippen molar-refractivity contribution in [1.82, 2.24) is 34.1 Å². The largest absolute Gasteiger partial charge is 0.481 e. The zero-order valence-electron chi connectivity index (χ0n) is 22.1. The number of imidazole rings is 2. The summed E-state index contributed by atoms with van der Waals surface area (Å²) in [5.41, 5.74) is 6.96. The quantitative estimate of drug-likeness (QED) is 0.0936. The SMILES string of the molecule is Nc1ncnc2c1ncn2[C@@H]1O[C@H](COP(=O)(O)OP(=O)(O)OC[C@H]2O[C@@H](n3cnc4cccnc43)[C@H](O)[C@@H]2O)[C@@H](O)[C@H]1O. The number of aliphatic hydroxyl groups is 4. The highest BCUT2D eigenvalue weighted by Crippen LogP contribution is 2.60. The molecule has 0 saturated carbocycles. The fraction of sp³-hybridized carbons (Fsp3) is 0.476. The van der Waals surface area contributed by atoms with Crippen LogP contribution < -0.4 is 5.73 Å². The van der Waals surface area contributed by atoms with Gasteiger partial charge in [-0.25, -0.2) is 34.0 Å². The molecule has 44 heavy (non-hydrogen) atoms. The van der Waals surface area contributed by atoms with Crippen molar-refractivity contribution < 1.29 is 62.2 Å². The highest BCUT2D eigenvalue weighted by Gasteiger charge is 2.48. The van der Waals surface area contributed by atoms with Crippen molar-refractivity contribution in [2.45, 2.75) is 49.1 Å². The molecule has 2 fully saturated rings. The predicted octanol–water partition coefficient (Wildman–Crippen LogP) is -1.66. The van der Waals surface area contributed by atoms with Gasteiger partial charge in [-0.15, -0.1) is 0 Å². The molecule has 2 aliphatic heterocycles. The summed E-state index contributed by atoms with van der Waals surface area (Å²) in [6.45, 7) is -1.73. The van der Waals surface area contributed by atoms with Crippen molar-refractivity contribution >= 4 is 43.8 Å². The van der Waals surface area contributed by atoms with Crippen molar-refractivity contribution in [3.63, 3.8) is 0 Å². The summed E-state index contributed by atoms with van der Waals surface area (Å²) < 4.78 is 52.5. The van der Waals surface area contributed by atoms with Gasteiger partial charge in [0.25, 0.3) is 0 Å². The lowest BCUT2D eigenvalue weighted by atomic mass is 10.1. The Morgan fingerprint density at radius 3 is 1.98 bits per heavy atom. The van der Waals surface area contributed by atoms with Crippen LogP contribution in [0.15, 0.2) is 37.3 Å². The molecule has 238 valence electrons. The normalized spacial score (nSPS) is 31.9. The van der Waals surface area contributed by atoms with Gasteiger partial charge in [-0.1, -0.05) is 0 Å². The molecule has 4 aromatic rings. The zero-order valence-corrected chi connectivity index (χ0v) is 23.9. The number of aliphatic hydroxyl groups excluding tert-OH is 4. The molecule has 2 aliphatic rings. The van der Waals surface area contributed by atoms with Crippen LogP contribution in [0.1, 0.15) is 12.5 Å². The number of hydrogen-bond acceptors (Lipinski definition) is 17. The summed E-state index contributed by atoms with van der Waals surface area (Å²) in [5, 5.41) is 41.8. The molecule has 0 spiro atoms. The minimum atomic E-state index is -5.35. The zero-order chi connectivity index (χ0) is 31.4. The van der Waals surface area contributed by atoms with E-state index in [1.54, 1.807) is 12.1 Å². The maximum atomic E-state index is 12.5. The molecule has 0 amide bonds. The smallest absolute Gasteiger partial charge is 0.387 e. The first-order chi connectivity index (χ1) is 20.8. The molecule has 6 heterocycles. The van der Waals surface area contributed by atoms with E-state index in [2.05, 4.69) is 29.2 Å². The minimum Gasteiger partial charge on any atom is -0.387 e. The molecule has 10 atom stereocenters. The maximum Gasteiger partial charge on any atom is 0.481 e. The topological polar surface area (TPSA) is 302 Å².